The number of hydrogen-bond acceptors (Lipinski definition) is 5. The molecule has 1 amide bonds. The van der Waals surface area contributed by atoms with Crippen molar-refractivity contribution < 1.29 is 9.32 Å². The second kappa shape index (κ2) is 9.97. The summed E-state index contributed by atoms with van der Waals surface area (Å²) in [7, 11) is 1.87. The van der Waals surface area contributed by atoms with E-state index in [9.17, 15) is 4.79 Å². The van der Waals surface area contributed by atoms with Crippen LogP contribution in [-0.2, 0) is 11.2 Å². The Morgan fingerprint density at radius 1 is 1.30 bits per heavy atom. The molecule has 1 atom stereocenters. The highest BCUT2D eigenvalue weighted by Gasteiger charge is 2.16. The quantitative estimate of drug-likeness (QED) is 0.722. The number of rotatable bonds is 8. The maximum atomic E-state index is 11.8. The standard InChI is InChI=1S/C16H22N4O2.ClH/c1-12(18-15(21)9-6-10-17-2)16-19-14(20-22-16)11-13-7-4-3-5-8-13;/h3-5,7-8,12,17H,6,9-11H2,1-2H3,(H,18,21);1H. The van der Waals surface area contributed by atoms with Crippen LogP contribution in [-0.4, -0.2) is 29.6 Å². The normalized spacial score (nSPS) is 11.6. The molecule has 126 valence electrons. The predicted molar refractivity (Wildman–Crippen MR) is 90.5 cm³/mol. The summed E-state index contributed by atoms with van der Waals surface area (Å²) in [4.78, 5) is 16.1. The van der Waals surface area contributed by atoms with Crippen LogP contribution in [0.15, 0.2) is 34.9 Å². The Morgan fingerprint density at radius 3 is 2.74 bits per heavy atom. The number of halogens is 1. The summed E-state index contributed by atoms with van der Waals surface area (Å²) < 4.78 is 5.24. The average Bonchev–Trinajstić information content (AvgIpc) is 2.97. The highest BCUT2D eigenvalue weighted by atomic mass is 35.5. The van der Waals surface area contributed by atoms with Gasteiger partial charge in [-0.2, -0.15) is 4.98 Å². The highest BCUT2D eigenvalue weighted by molar-refractivity contribution is 5.85. The first kappa shape index (κ1) is 19.1. The van der Waals surface area contributed by atoms with Crippen molar-refractivity contribution in [3.63, 3.8) is 0 Å². The van der Waals surface area contributed by atoms with Gasteiger partial charge in [0.1, 0.15) is 6.04 Å². The van der Waals surface area contributed by atoms with E-state index in [1.54, 1.807) is 0 Å². The van der Waals surface area contributed by atoms with Crippen molar-refractivity contribution >= 4 is 18.3 Å². The molecular weight excluding hydrogens is 316 g/mol. The fraction of sp³-hybridized carbons (Fsp3) is 0.438. The fourth-order valence-corrected chi connectivity index (χ4v) is 2.09. The molecule has 6 nitrogen and oxygen atoms in total. The summed E-state index contributed by atoms with van der Waals surface area (Å²) in [5, 5.41) is 9.85. The number of amides is 1. The molecule has 2 N–H and O–H groups in total. The van der Waals surface area contributed by atoms with E-state index in [1.807, 2.05) is 44.3 Å². The Balaban J connectivity index is 0.00000264. The Kier molecular flexibility index (Phi) is 8.29. The number of nitrogens with one attached hydrogen (secondary N) is 2. The van der Waals surface area contributed by atoms with Crippen LogP contribution in [0.1, 0.15) is 43.1 Å². The van der Waals surface area contributed by atoms with Crippen LogP contribution in [0, 0.1) is 0 Å². The molecule has 0 radical (unpaired) electrons. The summed E-state index contributed by atoms with van der Waals surface area (Å²) >= 11 is 0. The van der Waals surface area contributed by atoms with E-state index in [-0.39, 0.29) is 24.4 Å². The van der Waals surface area contributed by atoms with E-state index < -0.39 is 0 Å². The van der Waals surface area contributed by atoms with Gasteiger partial charge in [0, 0.05) is 12.8 Å². The number of carbonyl (C=O) groups excluding carboxylic acids is 1. The number of benzene rings is 1. The molecule has 0 saturated heterocycles. The second-order valence-corrected chi connectivity index (χ2v) is 5.21. The number of aromatic nitrogens is 2. The van der Waals surface area contributed by atoms with Gasteiger partial charge in [0.2, 0.25) is 11.8 Å². The number of nitrogens with zero attached hydrogens (tertiary/aromatic N) is 2. The molecule has 0 aliphatic heterocycles. The second-order valence-electron chi connectivity index (χ2n) is 5.21. The van der Waals surface area contributed by atoms with Crippen LogP contribution in [0.5, 0.6) is 0 Å². The summed E-state index contributed by atoms with van der Waals surface area (Å²) in [5.74, 6) is 1.05. The van der Waals surface area contributed by atoms with Gasteiger partial charge in [0.05, 0.1) is 0 Å². The third kappa shape index (κ3) is 6.38. The minimum Gasteiger partial charge on any atom is -0.345 e. The lowest BCUT2D eigenvalue weighted by Crippen LogP contribution is -2.27. The topological polar surface area (TPSA) is 80.0 Å². The monoisotopic (exact) mass is 338 g/mol. The van der Waals surface area contributed by atoms with Gasteiger partial charge in [-0.1, -0.05) is 35.5 Å². The van der Waals surface area contributed by atoms with Crippen molar-refractivity contribution in [3.05, 3.63) is 47.6 Å². The molecule has 0 aliphatic carbocycles. The van der Waals surface area contributed by atoms with Crippen LogP contribution < -0.4 is 10.6 Å². The maximum Gasteiger partial charge on any atom is 0.248 e. The van der Waals surface area contributed by atoms with Gasteiger partial charge in [-0.25, -0.2) is 0 Å². The fourth-order valence-electron chi connectivity index (χ4n) is 2.09. The van der Waals surface area contributed by atoms with Gasteiger partial charge in [0.25, 0.3) is 0 Å². The molecule has 2 aromatic rings. The van der Waals surface area contributed by atoms with Crippen molar-refractivity contribution in [2.75, 3.05) is 13.6 Å². The molecule has 0 saturated carbocycles. The molecule has 1 aromatic heterocycles. The first-order valence-electron chi connectivity index (χ1n) is 7.49. The lowest BCUT2D eigenvalue weighted by Gasteiger charge is -2.09. The first-order valence-corrected chi connectivity index (χ1v) is 7.49. The molecule has 7 heteroatoms. The van der Waals surface area contributed by atoms with Gasteiger partial charge in [0.15, 0.2) is 5.82 Å². The van der Waals surface area contributed by atoms with E-state index in [0.717, 1.165) is 18.5 Å². The van der Waals surface area contributed by atoms with E-state index in [0.29, 0.717) is 24.6 Å². The zero-order valence-corrected chi connectivity index (χ0v) is 14.2. The molecule has 0 aliphatic rings. The summed E-state index contributed by atoms with van der Waals surface area (Å²) in [6, 6.07) is 9.68. The zero-order chi connectivity index (χ0) is 15.8. The summed E-state index contributed by atoms with van der Waals surface area (Å²) in [6.45, 7) is 2.67. The van der Waals surface area contributed by atoms with Crippen molar-refractivity contribution in [1.82, 2.24) is 20.8 Å². The third-order valence-corrected chi connectivity index (χ3v) is 3.27. The Bertz CT molecular complexity index is 589. The molecular formula is C16H23ClN4O2. The van der Waals surface area contributed by atoms with Crippen LogP contribution in [0.2, 0.25) is 0 Å². The van der Waals surface area contributed by atoms with Gasteiger partial charge in [-0.3, -0.25) is 4.79 Å². The van der Waals surface area contributed by atoms with E-state index >= 15 is 0 Å². The molecule has 0 bridgehead atoms. The molecule has 0 fully saturated rings. The Morgan fingerprint density at radius 2 is 2.04 bits per heavy atom. The average molecular weight is 339 g/mol. The zero-order valence-electron chi connectivity index (χ0n) is 13.4. The van der Waals surface area contributed by atoms with Gasteiger partial charge < -0.3 is 15.2 Å². The van der Waals surface area contributed by atoms with Crippen molar-refractivity contribution in [2.24, 2.45) is 0 Å². The minimum atomic E-state index is -0.279. The van der Waals surface area contributed by atoms with E-state index in [2.05, 4.69) is 20.8 Å². The van der Waals surface area contributed by atoms with Crippen molar-refractivity contribution in [1.29, 1.82) is 0 Å². The maximum absolute atomic E-state index is 11.8. The predicted octanol–water partition coefficient (Wildman–Crippen LogP) is 2.26. The smallest absolute Gasteiger partial charge is 0.248 e. The lowest BCUT2D eigenvalue weighted by atomic mass is 10.1. The molecule has 23 heavy (non-hydrogen) atoms. The van der Waals surface area contributed by atoms with E-state index in [4.69, 9.17) is 4.52 Å². The molecule has 1 aromatic carbocycles. The Hall–Kier alpha value is -1.92. The summed E-state index contributed by atoms with van der Waals surface area (Å²) in [6.07, 6.45) is 1.90. The van der Waals surface area contributed by atoms with Gasteiger partial charge >= 0.3 is 0 Å². The van der Waals surface area contributed by atoms with Crippen LogP contribution in [0.4, 0.5) is 0 Å². The molecule has 0 spiro atoms. The SMILES string of the molecule is CNCCCC(=O)NC(C)c1nc(Cc2ccccc2)no1.Cl. The molecule has 1 heterocycles. The minimum absolute atomic E-state index is 0. The Labute approximate surface area is 142 Å². The van der Waals surface area contributed by atoms with Crippen molar-refractivity contribution in [3.8, 4) is 0 Å². The van der Waals surface area contributed by atoms with Crippen LogP contribution in [0.25, 0.3) is 0 Å². The summed E-state index contributed by atoms with van der Waals surface area (Å²) in [5.41, 5.74) is 1.12. The van der Waals surface area contributed by atoms with Crippen LogP contribution in [0.3, 0.4) is 0 Å². The largest absolute Gasteiger partial charge is 0.345 e. The number of hydrogen-bond donors (Lipinski definition) is 2. The van der Waals surface area contributed by atoms with Crippen LogP contribution >= 0.6 is 12.4 Å². The van der Waals surface area contributed by atoms with Gasteiger partial charge in [-0.05, 0) is 32.5 Å². The molecule has 2 rings (SSSR count). The molecule has 1 unspecified atom stereocenters. The van der Waals surface area contributed by atoms with E-state index in [1.165, 1.54) is 0 Å². The first-order chi connectivity index (χ1) is 10.7. The highest BCUT2D eigenvalue weighted by Crippen LogP contribution is 2.12. The lowest BCUT2D eigenvalue weighted by molar-refractivity contribution is -0.122. The van der Waals surface area contributed by atoms with Crippen molar-refractivity contribution in [2.45, 2.75) is 32.2 Å². The van der Waals surface area contributed by atoms with Gasteiger partial charge in [-0.15, -0.1) is 12.4 Å². The number of carbonyl (C=O) groups is 1. The third-order valence-electron chi connectivity index (χ3n) is 3.27.